The molecule has 2 rings (SSSR count). The largest absolute Gasteiger partial charge is 0.460 e. The summed E-state index contributed by atoms with van der Waals surface area (Å²) in [4.78, 5) is 87.8. The molecule has 266 valence electrons. The van der Waals surface area contributed by atoms with E-state index in [4.69, 9.17) is 28.4 Å². The van der Waals surface area contributed by atoms with Gasteiger partial charge in [-0.1, -0.05) is 0 Å². The van der Waals surface area contributed by atoms with Crippen molar-refractivity contribution in [1.29, 1.82) is 0 Å². The predicted octanol–water partition coefficient (Wildman–Crippen LogP) is -0.396. The van der Waals surface area contributed by atoms with Crippen LogP contribution in [0.5, 0.6) is 0 Å². The van der Waals surface area contributed by atoms with E-state index < -0.39 is 40.7 Å². The summed E-state index contributed by atoms with van der Waals surface area (Å²) in [6, 6.07) is 0. The number of esters is 1. The number of likely N-dealkylation sites (N-methyl/N-ethyl adjacent to an activating group) is 1. The molecule has 0 aromatic carbocycles. The number of imide groups is 2. The van der Waals surface area contributed by atoms with Crippen molar-refractivity contribution in [3.63, 3.8) is 0 Å². The molecule has 2 aliphatic rings. The first-order valence-electron chi connectivity index (χ1n) is 15.4. The lowest BCUT2D eigenvalue weighted by Crippen LogP contribution is -2.60. The molecule has 0 saturated carbocycles. The topological polar surface area (TPSA) is 185 Å². The van der Waals surface area contributed by atoms with Gasteiger partial charge in [-0.25, -0.2) is 0 Å². The molecule has 0 saturated heterocycles. The van der Waals surface area contributed by atoms with Crippen LogP contribution in [0, 0.1) is 0 Å². The summed E-state index contributed by atoms with van der Waals surface area (Å²) in [6.07, 6.45) is 6.95. The molecular formula is C32H45N3O13. The standard InChI is InChI=1S/C32H45N3O13/c1-31(2,3)48-30(42)11-13-43-14-15-44-16-17-45-18-19-46-20-21-47-32(22-33(4)25(37)6-5-12-36,23-34-26(38)7-8-27(34)39)24-35-28(40)9-10-29(35)41/h5-10,12H,11,13-24H2,1-4H3/b6-5-. The Morgan fingerprint density at radius 1 is 0.708 bits per heavy atom. The van der Waals surface area contributed by atoms with Crippen LogP contribution in [0.2, 0.25) is 0 Å². The number of ether oxygens (including phenoxy) is 6. The van der Waals surface area contributed by atoms with Crippen LogP contribution in [0.25, 0.3) is 0 Å². The van der Waals surface area contributed by atoms with E-state index in [0.29, 0.717) is 32.7 Å². The number of nitrogens with zero attached hydrogens (tertiary/aromatic N) is 3. The lowest BCUT2D eigenvalue weighted by Gasteiger charge is -2.40. The van der Waals surface area contributed by atoms with Crippen molar-refractivity contribution in [3.8, 4) is 0 Å². The van der Waals surface area contributed by atoms with Crippen LogP contribution in [0.3, 0.4) is 0 Å². The zero-order valence-corrected chi connectivity index (χ0v) is 27.9. The lowest BCUT2D eigenvalue weighted by atomic mass is 10.0. The fraction of sp³-hybridized carbons (Fsp3) is 0.594. The summed E-state index contributed by atoms with van der Waals surface area (Å²) in [5.74, 6) is -3.40. The summed E-state index contributed by atoms with van der Waals surface area (Å²) in [6.45, 7) is 6.24. The number of aldehydes is 1. The molecule has 2 heterocycles. The number of carbonyl (C=O) groups excluding carboxylic acids is 7. The maximum atomic E-state index is 12.6. The highest BCUT2D eigenvalue weighted by Gasteiger charge is 2.43. The van der Waals surface area contributed by atoms with E-state index in [2.05, 4.69) is 0 Å². The fourth-order valence-electron chi connectivity index (χ4n) is 4.42. The molecule has 16 nitrogen and oxygen atoms in total. The Balaban J connectivity index is 1.82. The second kappa shape index (κ2) is 20.3. The summed E-state index contributed by atoms with van der Waals surface area (Å²) in [5, 5.41) is 0. The molecule has 0 radical (unpaired) electrons. The molecule has 2 aliphatic heterocycles. The number of carbonyl (C=O) groups is 7. The molecule has 48 heavy (non-hydrogen) atoms. The summed E-state index contributed by atoms with van der Waals surface area (Å²) >= 11 is 0. The molecular weight excluding hydrogens is 634 g/mol. The Morgan fingerprint density at radius 2 is 1.12 bits per heavy atom. The fourth-order valence-corrected chi connectivity index (χ4v) is 4.42. The van der Waals surface area contributed by atoms with Gasteiger partial charge in [0.05, 0.1) is 85.5 Å². The maximum Gasteiger partial charge on any atom is 0.308 e. The molecule has 0 aromatic rings. The van der Waals surface area contributed by atoms with E-state index >= 15 is 0 Å². The van der Waals surface area contributed by atoms with Crippen LogP contribution in [-0.4, -0.2) is 154 Å². The van der Waals surface area contributed by atoms with Gasteiger partial charge in [0.1, 0.15) is 17.5 Å². The molecule has 5 amide bonds. The minimum absolute atomic E-state index is 0.0330. The monoisotopic (exact) mass is 679 g/mol. The van der Waals surface area contributed by atoms with Crippen LogP contribution >= 0.6 is 0 Å². The van der Waals surface area contributed by atoms with Gasteiger partial charge in [0.15, 0.2) is 0 Å². The molecule has 0 aromatic heterocycles. The van der Waals surface area contributed by atoms with E-state index in [0.717, 1.165) is 46.3 Å². The van der Waals surface area contributed by atoms with Crippen molar-refractivity contribution < 1.29 is 62.0 Å². The SMILES string of the molecule is CN(CC(CN1C(=O)C=CC1=O)(CN1C(=O)C=CC1=O)OCCOCCOCCOCCOCCC(=O)OC(C)(C)C)C(=O)/C=C\C=O. The van der Waals surface area contributed by atoms with Gasteiger partial charge in [0.25, 0.3) is 23.6 Å². The Hall–Kier alpha value is -4.09. The molecule has 0 fully saturated rings. The normalized spacial score (nSPS) is 15.0. The Morgan fingerprint density at radius 3 is 1.54 bits per heavy atom. The Kier molecular flexibility index (Phi) is 17.0. The highest BCUT2D eigenvalue weighted by Crippen LogP contribution is 2.22. The van der Waals surface area contributed by atoms with E-state index in [9.17, 15) is 33.6 Å². The van der Waals surface area contributed by atoms with Crippen molar-refractivity contribution in [2.45, 2.75) is 38.4 Å². The zero-order chi connectivity index (χ0) is 35.6. The second-order valence-corrected chi connectivity index (χ2v) is 11.7. The van der Waals surface area contributed by atoms with Crippen molar-refractivity contribution in [1.82, 2.24) is 14.7 Å². The van der Waals surface area contributed by atoms with Crippen molar-refractivity contribution in [2.75, 3.05) is 86.1 Å². The van der Waals surface area contributed by atoms with Gasteiger partial charge in [0, 0.05) is 37.4 Å². The molecule has 16 heteroatoms. The van der Waals surface area contributed by atoms with Crippen molar-refractivity contribution in [3.05, 3.63) is 36.5 Å². The maximum absolute atomic E-state index is 12.6. The van der Waals surface area contributed by atoms with Crippen LogP contribution < -0.4 is 0 Å². The average molecular weight is 680 g/mol. The van der Waals surface area contributed by atoms with Crippen LogP contribution in [0.1, 0.15) is 27.2 Å². The molecule has 0 N–H and O–H groups in total. The van der Waals surface area contributed by atoms with Gasteiger partial charge in [-0.2, -0.15) is 0 Å². The van der Waals surface area contributed by atoms with Gasteiger partial charge in [-0.15, -0.1) is 0 Å². The summed E-state index contributed by atoms with van der Waals surface area (Å²) in [7, 11) is 1.41. The molecule has 0 atom stereocenters. The molecule has 0 unspecified atom stereocenters. The Bertz CT molecular complexity index is 1160. The third kappa shape index (κ3) is 14.8. The minimum atomic E-state index is -1.61. The first-order chi connectivity index (χ1) is 22.8. The third-order valence-corrected chi connectivity index (χ3v) is 6.54. The highest BCUT2D eigenvalue weighted by molar-refractivity contribution is 6.13. The third-order valence-electron chi connectivity index (χ3n) is 6.54. The zero-order valence-electron chi connectivity index (χ0n) is 27.9. The van der Waals surface area contributed by atoms with Crippen molar-refractivity contribution >= 4 is 41.8 Å². The smallest absolute Gasteiger partial charge is 0.308 e. The van der Waals surface area contributed by atoms with Crippen LogP contribution in [-0.2, 0) is 62.0 Å². The van der Waals surface area contributed by atoms with Gasteiger partial charge in [0.2, 0.25) is 5.91 Å². The number of hydrogen-bond acceptors (Lipinski definition) is 13. The highest BCUT2D eigenvalue weighted by atomic mass is 16.6. The van der Waals surface area contributed by atoms with Gasteiger partial charge in [-0.05, 0) is 26.8 Å². The lowest BCUT2D eigenvalue weighted by molar-refractivity contribution is -0.157. The van der Waals surface area contributed by atoms with Crippen LogP contribution in [0.4, 0.5) is 0 Å². The van der Waals surface area contributed by atoms with E-state index in [1.54, 1.807) is 20.8 Å². The van der Waals surface area contributed by atoms with Crippen LogP contribution in [0.15, 0.2) is 36.5 Å². The van der Waals surface area contributed by atoms with Crippen molar-refractivity contribution in [2.24, 2.45) is 0 Å². The second-order valence-electron chi connectivity index (χ2n) is 11.7. The molecule has 0 bridgehead atoms. The van der Waals surface area contributed by atoms with E-state index in [1.807, 2.05) is 0 Å². The summed E-state index contributed by atoms with van der Waals surface area (Å²) in [5.41, 5.74) is -2.14. The molecule has 0 spiro atoms. The predicted molar refractivity (Wildman–Crippen MR) is 167 cm³/mol. The average Bonchev–Trinajstić information content (AvgIpc) is 3.50. The quantitative estimate of drug-likeness (QED) is 0.0423. The first-order valence-corrected chi connectivity index (χ1v) is 15.4. The van der Waals surface area contributed by atoms with Gasteiger partial charge in [-0.3, -0.25) is 43.4 Å². The van der Waals surface area contributed by atoms with Gasteiger partial charge < -0.3 is 33.3 Å². The number of hydrogen-bond donors (Lipinski definition) is 0. The molecule has 0 aliphatic carbocycles. The van der Waals surface area contributed by atoms with E-state index in [1.165, 1.54) is 11.9 Å². The van der Waals surface area contributed by atoms with E-state index in [-0.39, 0.29) is 65.1 Å². The summed E-state index contributed by atoms with van der Waals surface area (Å²) < 4.78 is 33.2. The Labute approximate surface area is 279 Å². The number of rotatable bonds is 24. The number of amides is 5. The van der Waals surface area contributed by atoms with Gasteiger partial charge >= 0.3 is 5.97 Å². The number of allylic oxidation sites excluding steroid dienone is 1. The first kappa shape index (κ1) is 40.1. The minimum Gasteiger partial charge on any atom is -0.460 e.